The number of phenols is 1. The summed E-state index contributed by atoms with van der Waals surface area (Å²) in [5, 5.41) is 39.6. The lowest BCUT2D eigenvalue weighted by atomic mass is 10.0. The highest BCUT2D eigenvalue weighted by atomic mass is 16.7. The number of hydrogen-bond acceptors (Lipinski definition) is 8. The molecule has 0 unspecified atom stereocenters. The van der Waals surface area contributed by atoms with Crippen molar-refractivity contribution in [1.29, 1.82) is 0 Å². The first-order valence-corrected chi connectivity index (χ1v) is 9.04. The first-order chi connectivity index (χ1) is 13.9. The molecule has 1 aromatic heterocycles. The van der Waals surface area contributed by atoms with Gasteiger partial charge in [-0.05, 0) is 24.6 Å². The van der Waals surface area contributed by atoms with Crippen molar-refractivity contribution >= 4 is 11.0 Å². The second kappa shape index (κ2) is 7.49. The second-order valence-electron chi connectivity index (χ2n) is 6.96. The summed E-state index contributed by atoms with van der Waals surface area (Å²) in [6.07, 6.45) is -3.79. The molecular formula is C21H20O8. The number of benzene rings is 2. The van der Waals surface area contributed by atoms with Crippen LogP contribution in [-0.2, 0) is 4.74 Å². The van der Waals surface area contributed by atoms with Crippen molar-refractivity contribution in [1.82, 2.24) is 0 Å². The molecule has 1 saturated heterocycles. The number of hydrogen-bond donors (Lipinski definition) is 4. The topological polar surface area (TPSA) is 130 Å². The number of rotatable bonds is 4. The number of aromatic hydroxyl groups is 1. The van der Waals surface area contributed by atoms with Gasteiger partial charge < -0.3 is 34.3 Å². The van der Waals surface area contributed by atoms with Gasteiger partial charge in [0.15, 0.2) is 11.3 Å². The van der Waals surface area contributed by atoms with Crippen LogP contribution in [0.2, 0.25) is 0 Å². The summed E-state index contributed by atoms with van der Waals surface area (Å²) in [7, 11) is 0. The predicted molar refractivity (Wildman–Crippen MR) is 103 cm³/mol. The van der Waals surface area contributed by atoms with Crippen LogP contribution in [0.15, 0.2) is 51.9 Å². The Hall–Kier alpha value is -2.91. The summed E-state index contributed by atoms with van der Waals surface area (Å²) in [6, 6.07) is 10.2. The third kappa shape index (κ3) is 3.36. The number of phenolic OH excluding ortho intramolecular Hbond substituents is 1. The maximum atomic E-state index is 12.9. The van der Waals surface area contributed by atoms with Crippen LogP contribution in [0.3, 0.4) is 0 Å². The summed E-state index contributed by atoms with van der Waals surface area (Å²) in [6.45, 7) is 1.41. The summed E-state index contributed by atoms with van der Waals surface area (Å²) in [4.78, 5) is 12.9. The van der Waals surface area contributed by atoms with E-state index in [4.69, 9.17) is 19.0 Å². The van der Waals surface area contributed by atoms with Crippen molar-refractivity contribution in [2.24, 2.45) is 0 Å². The Morgan fingerprint density at radius 2 is 1.93 bits per heavy atom. The van der Waals surface area contributed by atoms with Gasteiger partial charge in [0, 0.05) is 0 Å². The van der Waals surface area contributed by atoms with E-state index >= 15 is 0 Å². The molecule has 3 aromatic rings. The van der Waals surface area contributed by atoms with Gasteiger partial charge in [-0.25, -0.2) is 0 Å². The summed E-state index contributed by atoms with van der Waals surface area (Å²) in [5.74, 6) is -0.535. The van der Waals surface area contributed by atoms with E-state index in [2.05, 4.69) is 0 Å². The van der Waals surface area contributed by atoms with Crippen molar-refractivity contribution in [2.75, 3.05) is 6.61 Å². The minimum atomic E-state index is -1.42. The van der Waals surface area contributed by atoms with Gasteiger partial charge >= 0.3 is 0 Å². The molecule has 1 fully saturated rings. The number of aliphatic hydroxyl groups is 3. The number of fused-ring (bicyclic) bond motifs is 1. The van der Waals surface area contributed by atoms with Gasteiger partial charge in [-0.1, -0.05) is 29.8 Å². The van der Waals surface area contributed by atoms with Gasteiger partial charge in [-0.2, -0.15) is 0 Å². The first kappa shape index (κ1) is 19.4. The zero-order chi connectivity index (χ0) is 20.7. The highest BCUT2D eigenvalue weighted by Gasteiger charge is 2.44. The Morgan fingerprint density at radius 3 is 2.62 bits per heavy atom. The molecule has 0 bridgehead atoms. The Kier molecular flexibility index (Phi) is 5.01. The van der Waals surface area contributed by atoms with Gasteiger partial charge in [0.05, 0.1) is 17.6 Å². The molecular weight excluding hydrogens is 380 g/mol. The SMILES string of the molecule is Cc1cccc(-c2coc3c(O)c(O[C@H]4O[C@H](CO)[C@@H](O)[C@@H]4O)ccc3c2=O)c1. The predicted octanol–water partition coefficient (Wildman–Crippen LogP) is 1.29. The van der Waals surface area contributed by atoms with Gasteiger partial charge in [-0.3, -0.25) is 4.79 Å². The van der Waals surface area contributed by atoms with E-state index in [1.54, 1.807) is 6.07 Å². The van der Waals surface area contributed by atoms with Crippen LogP contribution in [0.5, 0.6) is 11.5 Å². The fraction of sp³-hybridized carbons (Fsp3) is 0.286. The van der Waals surface area contributed by atoms with Crippen molar-refractivity contribution < 1.29 is 34.3 Å². The molecule has 0 aliphatic carbocycles. The van der Waals surface area contributed by atoms with Crippen molar-refractivity contribution in [3.05, 3.63) is 58.4 Å². The fourth-order valence-corrected chi connectivity index (χ4v) is 3.36. The molecule has 0 amide bonds. The molecule has 0 radical (unpaired) electrons. The van der Waals surface area contributed by atoms with Crippen molar-refractivity contribution in [3.8, 4) is 22.6 Å². The lowest BCUT2D eigenvalue weighted by molar-refractivity contribution is -0.117. The Labute approximate surface area is 165 Å². The maximum absolute atomic E-state index is 12.9. The van der Waals surface area contributed by atoms with Gasteiger partial charge in [0.1, 0.15) is 24.6 Å². The molecule has 8 nitrogen and oxygen atoms in total. The maximum Gasteiger partial charge on any atom is 0.229 e. The van der Waals surface area contributed by atoms with E-state index in [1.165, 1.54) is 18.4 Å². The lowest BCUT2D eigenvalue weighted by Gasteiger charge is -2.18. The normalized spacial score (nSPS) is 24.1. The fourth-order valence-electron chi connectivity index (χ4n) is 3.36. The summed E-state index contributed by atoms with van der Waals surface area (Å²) in [5.41, 5.74) is 1.67. The molecule has 152 valence electrons. The minimum absolute atomic E-state index is 0.0735. The smallest absolute Gasteiger partial charge is 0.229 e. The molecule has 29 heavy (non-hydrogen) atoms. The standard InChI is InChI=1S/C21H20O8/c1-10-3-2-4-11(7-10)13-9-27-20-12(16(13)23)5-6-14(18(20)25)28-21-19(26)17(24)15(8-22)29-21/h2-7,9,15,17,19,21-22,24-26H,8H2,1H3/t15-,17-,19+,21+/m1/s1. The highest BCUT2D eigenvalue weighted by Crippen LogP contribution is 2.36. The Bertz CT molecular complexity index is 1110. The molecule has 0 spiro atoms. The van der Waals surface area contributed by atoms with E-state index in [9.17, 15) is 20.1 Å². The highest BCUT2D eigenvalue weighted by molar-refractivity contribution is 5.87. The Morgan fingerprint density at radius 1 is 1.14 bits per heavy atom. The van der Waals surface area contributed by atoms with Crippen LogP contribution in [0.1, 0.15) is 5.56 Å². The molecule has 1 aliphatic heterocycles. The van der Waals surface area contributed by atoms with E-state index in [-0.39, 0.29) is 22.1 Å². The van der Waals surface area contributed by atoms with Gasteiger partial charge in [0.2, 0.25) is 17.5 Å². The average Bonchev–Trinajstić information content (AvgIpc) is 2.98. The van der Waals surface area contributed by atoms with Crippen LogP contribution in [0.25, 0.3) is 22.1 Å². The van der Waals surface area contributed by atoms with Crippen LogP contribution in [-0.4, -0.2) is 51.6 Å². The van der Waals surface area contributed by atoms with Gasteiger partial charge in [-0.15, -0.1) is 0 Å². The largest absolute Gasteiger partial charge is 0.502 e. The molecule has 8 heteroatoms. The van der Waals surface area contributed by atoms with Crippen LogP contribution in [0, 0.1) is 6.92 Å². The molecule has 2 heterocycles. The van der Waals surface area contributed by atoms with Crippen molar-refractivity contribution in [3.63, 3.8) is 0 Å². The summed E-state index contributed by atoms with van der Waals surface area (Å²) >= 11 is 0. The molecule has 4 rings (SSSR count). The van der Waals surface area contributed by atoms with Crippen LogP contribution < -0.4 is 10.2 Å². The zero-order valence-electron chi connectivity index (χ0n) is 15.5. The first-order valence-electron chi connectivity index (χ1n) is 9.04. The molecule has 2 aromatic carbocycles. The summed E-state index contributed by atoms with van der Waals surface area (Å²) < 4.78 is 16.2. The molecule has 4 N–H and O–H groups in total. The molecule has 0 saturated carbocycles. The number of aliphatic hydroxyl groups excluding tert-OH is 3. The third-order valence-electron chi connectivity index (χ3n) is 4.95. The van der Waals surface area contributed by atoms with E-state index in [0.29, 0.717) is 11.1 Å². The average molecular weight is 400 g/mol. The number of aryl methyl sites for hydroxylation is 1. The van der Waals surface area contributed by atoms with Crippen LogP contribution in [0.4, 0.5) is 0 Å². The third-order valence-corrected chi connectivity index (χ3v) is 4.95. The Balaban J connectivity index is 1.70. The number of ether oxygens (including phenoxy) is 2. The lowest BCUT2D eigenvalue weighted by Crippen LogP contribution is -2.35. The van der Waals surface area contributed by atoms with Crippen LogP contribution >= 0.6 is 0 Å². The van der Waals surface area contributed by atoms with Crippen molar-refractivity contribution in [2.45, 2.75) is 31.5 Å². The monoisotopic (exact) mass is 400 g/mol. The quantitative estimate of drug-likeness (QED) is 0.516. The van der Waals surface area contributed by atoms with E-state index < -0.39 is 37.0 Å². The van der Waals surface area contributed by atoms with E-state index in [0.717, 1.165) is 5.56 Å². The molecule has 4 atom stereocenters. The zero-order valence-corrected chi connectivity index (χ0v) is 15.5. The second-order valence-corrected chi connectivity index (χ2v) is 6.96. The minimum Gasteiger partial charge on any atom is -0.502 e. The van der Waals surface area contributed by atoms with E-state index in [1.807, 2.05) is 25.1 Å². The van der Waals surface area contributed by atoms with Gasteiger partial charge in [0.25, 0.3) is 0 Å². The molecule has 1 aliphatic rings.